The number of benzene rings is 2. The highest BCUT2D eigenvalue weighted by atomic mass is 16.5. The fourth-order valence-corrected chi connectivity index (χ4v) is 3.83. The topological polar surface area (TPSA) is 71.1 Å². The first-order valence-corrected chi connectivity index (χ1v) is 10.5. The van der Waals surface area contributed by atoms with Crippen LogP contribution in [0.15, 0.2) is 54.2 Å². The minimum absolute atomic E-state index is 0.278. The number of nitrogens with one attached hydrogen (secondary N) is 1. The summed E-state index contributed by atoms with van der Waals surface area (Å²) < 4.78 is 10.8. The zero-order valence-corrected chi connectivity index (χ0v) is 17.9. The number of amides is 2. The molecule has 0 unspecified atom stereocenters. The maximum atomic E-state index is 13.4. The van der Waals surface area contributed by atoms with Crippen molar-refractivity contribution in [3.8, 4) is 5.75 Å². The van der Waals surface area contributed by atoms with Crippen molar-refractivity contribution in [2.24, 2.45) is 0 Å². The van der Waals surface area contributed by atoms with Crippen molar-refractivity contribution in [2.45, 2.75) is 6.92 Å². The number of anilines is 1. The second-order valence-electron chi connectivity index (χ2n) is 7.66. The number of morpholine rings is 1. The van der Waals surface area contributed by atoms with Gasteiger partial charge in [0.15, 0.2) is 0 Å². The highest BCUT2D eigenvalue weighted by Gasteiger charge is 2.39. The minimum atomic E-state index is -0.320. The van der Waals surface area contributed by atoms with E-state index in [1.807, 2.05) is 55.5 Å². The van der Waals surface area contributed by atoms with Crippen LogP contribution in [-0.2, 0) is 14.3 Å². The molecule has 0 saturated carbocycles. The molecule has 0 bridgehead atoms. The van der Waals surface area contributed by atoms with Gasteiger partial charge in [-0.2, -0.15) is 0 Å². The second kappa shape index (κ2) is 9.32. The molecule has 2 amide bonds. The lowest BCUT2D eigenvalue weighted by molar-refractivity contribution is -0.137. The predicted octanol–water partition coefficient (Wildman–Crippen LogP) is 2.53. The molecule has 2 aromatic carbocycles. The molecule has 7 heteroatoms. The largest absolute Gasteiger partial charge is 0.495 e. The van der Waals surface area contributed by atoms with E-state index >= 15 is 0 Å². The summed E-state index contributed by atoms with van der Waals surface area (Å²) in [5.74, 6) is 0.00419. The Bertz CT molecular complexity index is 994. The zero-order chi connectivity index (χ0) is 21.8. The van der Waals surface area contributed by atoms with E-state index in [0.29, 0.717) is 43.3 Å². The van der Waals surface area contributed by atoms with Crippen LogP contribution in [0.4, 0.5) is 5.69 Å². The van der Waals surface area contributed by atoms with E-state index in [2.05, 4.69) is 10.2 Å². The summed E-state index contributed by atoms with van der Waals surface area (Å²) in [6, 6.07) is 15.0. The van der Waals surface area contributed by atoms with Crippen molar-refractivity contribution in [3.05, 3.63) is 65.4 Å². The van der Waals surface area contributed by atoms with E-state index in [4.69, 9.17) is 9.47 Å². The van der Waals surface area contributed by atoms with Crippen LogP contribution >= 0.6 is 0 Å². The molecule has 0 aromatic heterocycles. The highest BCUT2D eigenvalue weighted by Crippen LogP contribution is 2.33. The van der Waals surface area contributed by atoms with Gasteiger partial charge < -0.3 is 14.8 Å². The van der Waals surface area contributed by atoms with Crippen molar-refractivity contribution < 1.29 is 19.1 Å². The molecule has 1 saturated heterocycles. The lowest BCUT2D eigenvalue weighted by Gasteiger charge is -2.28. The Kier molecular flexibility index (Phi) is 6.34. The quantitative estimate of drug-likeness (QED) is 0.693. The number of para-hydroxylation sites is 2. The molecule has 1 fully saturated rings. The lowest BCUT2D eigenvalue weighted by Crippen LogP contribution is -2.43. The average molecular weight is 421 g/mol. The van der Waals surface area contributed by atoms with Crippen molar-refractivity contribution >= 4 is 23.1 Å². The fourth-order valence-electron chi connectivity index (χ4n) is 3.83. The smallest absolute Gasteiger partial charge is 0.278 e. The number of ether oxygens (including phenoxy) is 2. The Morgan fingerprint density at radius 3 is 2.39 bits per heavy atom. The molecule has 7 nitrogen and oxygen atoms in total. The van der Waals surface area contributed by atoms with Crippen LogP contribution < -0.4 is 10.1 Å². The normalized spacial score (nSPS) is 17.4. The Labute approximate surface area is 182 Å². The van der Waals surface area contributed by atoms with Crippen LogP contribution in [0.1, 0.15) is 11.1 Å². The van der Waals surface area contributed by atoms with Crippen molar-refractivity contribution in [1.29, 1.82) is 0 Å². The standard InChI is InChI=1S/C24H27N3O4/c1-17-7-9-18(10-8-17)21-22(25-19-5-3-4-6-20(19)30-2)24(29)27(23(21)28)12-11-26-13-15-31-16-14-26/h3-10,25H,11-16H2,1-2H3. The van der Waals surface area contributed by atoms with Crippen LogP contribution in [0.3, 0.4) is 0 Å². The van der Waals surface area contributed by atoms with E-state index in [1.54, 1.807) is 7.11 Å². The summed E-state index contributed by atoms with van der Waals surface area (Å²) in [7, 11) is 1.58. The van der Waals surface area contributed by atoms with Gasteiger partial charge in [-0.05, 0) is 24.6 Å². The lowest BCUT2D eigenvalue weighted by atomic mass is 10.0. The first kappa shape index (κ1) is 21.1. The molecule has 0 aliphatic carbocycles. The number of carbonyl (C=O) groups excluding carboxylic acids is 2. The average Bonchev–Trinajstić information content (AvgIpc) is 3.03. The number of hydrogen-bond acceptors (Lipinski definition) is 6. The molecule has 2 aliphatic rings. The summed E-state index contributed by atoms with van der Waals surface area (Å²) in [5.41, 5.74) is 3.11. The monoisotopic (exact) mass is 421 g/mol. The molecule has 2 aliphatic heterocycles. The van der Waals surface area contributed by atoms with Crippen LogP contribution in [0, 0.1) is 6.92 Å². The van der Waals surface area contributed by atoms with Crippen molar-refractivity contribution in [2.75, 3.05) is 51.8 Å². The maximum absolute atomic E-state index is 13.4. The molecule has 0 atom stereocenters. The Morgan fingerprint density at radius 2 is 1.68 bits per heavy atom. The number of aryl methyl sites for hydroxylation is 1. The van der Waals surface area contributed by atoms with Gasteiger partial charge in [0.2, 0.25) is 0 Å². The summed E-state index contributed by atoms with van der Waals surface area (Å²) in [6.45, 7) is 5.92. The van der Waals surface area contributed by atoms with Gasteiger partial charge in [0.25, 0.3) is 11.8 Å². The summed E-state index contributed by atoms with van der Waals surface area (Å²) in [5, 5.41) is 3.18. The highest BCUT2D eigenvalue weighted by molar-refractivity contribution is 6.36. The van der Waals surface area contributed by atoms with E-state index in [0.717, 1.165) is 24.2 Å². The van der Waals surface area contributed by atoms with Crippen LogP contribution in [0.5, 0.6) is 5.75 Å². The fraction of sp³-hybridized carbons (Fsp3) is 0.333. The third-order valence-electron chi connectivity index (χ3n) is 5.62. The first-order valence-electron chi connectivity index (χ1n) is 10.5. The molecule has 2 aromatic rings. The third-order valence-corrected chi connectivity index (χ3v) is 5.62. The molecular formula is C24H27N3O4. The van der Waals surface area contributed by atoms with Crippen LogP contribution in [-0.4, -0.2) is 68.1 Å². The molecular weight excluding hydrogens is 394 g/mol. The van der Waals surface area contributed by atoms with Gasteiger partial charge in [0.1, 0.15) is 11.4 Å². The molecule has 162 valence electrons. The number of imide groups is 1. The number of nitrogens with zero attached hydrogens (tertiary/aromatic N) is 2. The van der Waals surface area contributed by atoms with Gasteiger partial charge in [-0.1, -0.05) is 42.0 Å². The molecule has 4 rings (SSSR count). The van der Waals surface area contributed by atoms with Gasteiger partial charge in [0, 0.05) is 26.2 Å². The number of hydrogen-bond donors (Lipinski definition) is 1. The van der Waals surface area contributed by atoms with Gasteiger partial charge >= 0.3 is 0 Å². The molecule has 31 heavy (non-hydrogen) atoms. The van der Waals surface area contributed by atoms with Crippen LogP contribution in [0.25, 0.3) is 5.57 Å². The Balaban J connectivity index is 1.64. The van der Waals surface area contributed by atoms with Crippen LogP contribution in [0.2, 0.25) is 0 Å². The molecule has 1 N–H and O–H groups in total. The summed E-state index contributed by atoms with van der Waals surface area (Å²) in [4.78, 5) is 30.3. The zero-order valence-electron chi connectivity index (χ0n) is 17.9. The Hall–Kier alpha value is -3.16. The minimum Gasteiger partial charge on any atom is -0.495 e. The number of rotatable bonds is 7. The van der Waals surface area contributed by atoms with Gasteiger partial charge in [-0.3, -0.25) is 19.4 Å². The van der Waals surface area contributed by atoms with E-state index < -0.39 is 0 Å². The van der Waals surface area contributed by atoms with Gasteiger partial charge in [-0.15, -0.1) is 0 Å². The Morgan fingerprint density at radius 1 is 0.968 bits per heavy atom. The summed E-state index contributed by atoms with van der Waals surface area (Å²) >= 11 is 0. The van der Waals surface area contributed by atoms with E-state index in [-0.39, 0.29) is 17.5 Å². The molecule has 2 heterocycles. The van der Waals surface area contributed by atoms with E-state index in [9.17, 15) is 9.59 Å². The number of methoxy groups -OCH3 is 1. The molecule has 0 radical (unpaired) electrons. The predicted molar refractivity (Wildman–Crippen MR) is 119 cm³/mol. The van der Waals surface area contributed by atoms with Gasteiger partial charge in [0.05, 0.1) is 31.6 Å². The second-order valence-corrected chi connectivity index (χ2v) is 7.66. The van der Waals surface area contributed by atoms with Crippen molar-refractivity contribution in [3.63, 3.8) is 0 Å². The first-order chi connectivity index (χ1) is 15.1. The third kappa shape index (κ3) is 4.47. The number of carbonyl (C=O) groups is 2. The molecule has 0 spiro atoms. The van der Waals surface area contributed by atoms with Gasteiger partial charge in [-0.25, -0.2) is 0 Å². The van der Waals surface area contributed by atoms with Crippen molar-refractivity contribution in [1.82, 2.24) is 9.80 Å². The SMILES string of the molecule is COc1ccccc1NC1=C(c2ccc(C)cc2)C(=O)N(CCN2CCOCC2)C1=O. The van der Waals surface area contributed by atoms with E-state index in [1.165, 1.54) is 4.90 Å². The summed E-state index contributed by atoms with van der Waals surface area (Å²) in [6.07, 6.45) is 0. The maximum Gasteiger partial charge on any atom is 0.278 e.